The summed E-state index contributed by atoms with van der Waals surface area (Å²) in [6.45, 7) is 0. The molecule has 1 aromatic rings. The minimum Gasteiger partial charge on any atom is -0.366 e. The van der Waals surface area contributed by atoms with Gasteiger partial charge in [-0.25, -0.2) is 27.2 Å². The highest BCUT2D eigenvalue weighted by Crippen LogP contribution is 2.39. The Bertz CT molecular complexity index is 597. The van der Waals surface area contributed by atoms with E-state index >= 15 is 0 Å². The molecule has 0 bridgehead atoms. The van der Waals surface area contributed by atoms with E-state index in [4.69, 9.17) is 0 Å². The maximum Gasteiger partial charge on any atom is 0.280 e. The van der Waals surface area contributed by atoms with Crippen LogP contribution in [0.2, 0.25) is 0 Å². The molecule has 0 aromatic carbocycles. The molecule has 3 rings (SSSR count). The van der Waals surface area contributed by atoms with Gasteiger partial charge in [0, 0.05) is 18.0 Å². The van der Waals surface area contributed by atoms with Gasteiger partial charge in [-0.15, -0.1) is 0 Å². The molecule has 2 heterocycles. The molecule has 0 radical (unpaired) electrons. The van der Waals surface area contributed by atoms with Crippen molar-refractivity contribution in [3.05, 3.63) is 17.6 Å². The van der Waals surface area contributed by atoms with E-state index < -0.39 is 16.3 Å². The standard InChI is InChI=1S/C12H15F2N3O2S/c13-11(14)9-5-10(17-12(16-9)7-1-2-7)15-8-3-4-20(18,19)6-8/h5,7-8,11H,1-4,6H2,(H,15,16,17). The lowest BCUT2D eigenvalue weighted by Crippen LogP contribution is -2.22. The SMILES string of the molecule is O=S1(=O)CCC(Nc2cc(C(F)F)nc(C3CC3)n2)C1. The second kappa shape index (κ2) is 4.91. The van der Waals surface area contributed by atoms with E-state index in [1.54, 1.807) is 0 Å². The lowest BCUT2D eigenvalue weighted by molar-refractivity contribution is 0.145. The lowest BCUT2D eigenvalue weighted by Gasteiger charge is -2.13. The highest BCUT2D eigenvalue weighted by molar-refractivity contribution is 7.91. The number of nitrogens with one attached hydrogen (secondary N) is 1. The molecule has 2 aliphatic rings. The van der Waals surface area contributed by atoms with E-state index in [0.29, 0.717) is 18.1 Å². The molecule has 1 N–H and O–H groups in total. The number of alkyl halides is 2. The van der Waals surface area contributed by atoms with Crippen molar-refractivity contribution in [2.75, 3.05) is 16.8 Å². The van der Waals surface area contributed by atoms with Gasteiger partial charge in [0.05, 0.1) is 11.5 Å². The first-order valence-corrected chi connectivity index (χ1v) is 8.39. The Morgan fingerprint density at radius 3 is 2.55 bits per heavy atom. The summed E-state index contributed by atoms with van der Waals surface area (Å²) in [5.74, 6) is 1.07. The van der Waals surface area contributed by atoms with E-state index in [0.717, 1.165) is 12.8 Å². The van der Waals surface area contributed by atoms with Crippen LogP contribution >= 0.6 is 0 Å². The topological polar surface area (TPSA) is 72.0 Å². The van der Waals surface area contributed by atoms with Gasteiger partial charge < -0.3 is 5.32 Å². The van der Waals surface area contributed by atoms with Gasteiger partial charge in [-0.3, -0.25) is 0 Å². The number of sulfone groups is 1. The van der Waals surface area contributed by atoms with Crippen LogP contribution in [0.4, 0.5) is 14.6 Å². The van der Waals surface area contributed by atoms with Crippen LogP contribution in [0.3, 0.4) is 0 Å². The van der Waals surface area contributed by atoms with Crippen molar-refractivity contribution < 1.29 is 17.2 Å². The van der Waals surface area contributed by atoms with Gasteiger partial charge in [0.25, 0.3) is 6.43 Å². The molecule has 110 valence electrons. The smallest absolute Gasteiger partial charge is 0.280 e. The van der Waals surface area contributed by atoms with E-state index in [9.17, 15) is 17.2 Å². The summed E-state index contributed by atoms with van der Waals surface area (Å²) >= 11 is 0. The molecule has 2 fully saturated rings. The third-order valence-corrected chi connectivity index (χ3v) is 5.28. The summed E-state index contributed by atoms with van der Waals surface area (Å²) in [5, 5.41) is 2.95. The number of rotatable bonds is 4. The fraction of sp³-hybridized carbons (Fsp3) is 0.667. The summed E-state index contributed by atoms with van der Waals surface area (Å²) in [5.41, 5.74) is -0.301. The highest BCUT2D eigenvalue weighted by atomic mass is 32.2. The van der Waals surface area contributed by atoms with E-state index in [1.165, 1.54) is 6.07 Å². The molecular formula is C12H15F2N3O2S. The molecule has 1 aliphatic carbocycles. The number of aromatic nitrogens is 2. The third-order valence-electron chi connectivity index (χ3n) is 3.51. The van der Waals surface area contributed by atoms with Crippen molar-refractivity contribution in [1.29, 1.82) is 0 Å². The number of hydrogen-bond donors (Lipinski definition) is 1. The first-order valence-electron chi connectivity index (χ1n) is 6.57. The number of halogens is 2. The van der Waals surface area contributed by atoms with Gasteiger partial charge in [-0.05, 0) is 19.3 Å². The van der Waals surface area contributed by atoms with Crippen molar-refractivity contribution in [3.63, 3.8) is 0 Å². The molecule has 8 heteroatoms. The quantitative estimate of drug-likeness (QED) is 0.919. The van der Waals surface area contributed by atoms with Crippen LogP contribution in [-0.2, 0) is 9.84 Å². The molecule has 1 aliphatic heterocycles. The molecule has 1 aromatic heterocycles. The molecule has 1 atom stereocenters. The number of nitrogens with zero attached hydrogens (tertiary/aromatic N) is 2. The minimum atomic E-state index is -3.01. The zero-order valence-electron chi connectivity index (χ0n) is 10.7. The van der Waals surface area contributed by atoms with Gasteiger partial charge in [-0.2, -0.15) is 0 Å². The van der Waals surface area contributed by atoms with Crippen LogP contribution in [-0.4, -0.2) is 35.9 Å². The van der Waals surface area contributed by atoms with Crippen LogP contribution in [0, 0.1) is 0 Å². The second-order valence-electron chi connectivity index (χ2n) is 5.36. The van der Waals surface area contributed by atoms with Crippen LogP contribution < -0.4 is 5.32 Å². The molecule has 0 spiro atoms. The molecule has 1 unspecified atom stereocenters. The van der Waals surface area contributed by atoms with Crippen LogP contribution in [0.25, 0.3) is 0 Å². The van der Waals surface area contributed by atoms with E-state index in [-0.39, 0.29) is 29.2 Å². The first kappa shape index (κ1) is 13.7. The molecular weight excluding hydrogens is 288 g/mol. The number of hydrogen-bond acceptors (Lipinski definition) is 5. The van der Waals surface area contributed by atoms with Gasteiger partial charge >= 0.3 is 0 Å². The van der Waals surface area contributed by atoms with Gasteiger partial charge in [-0.1, -0.05) is 0 Å². The monoisotopic (exact) mass is 303 g/mol. The Hall–Kier alpha value is -1.31. The Morgan fingerprint density at radius 1 is 1.25 bits per heavy atom. The van der Waals surface area contributed by atoms with Crippen molar-refractivity contribution in [1.82, 2.24) is 9.97 Å². The Labute approximate surface area is 115 Å². The fourth-order valence-corrected chi connectivity index (χ4v) is 3.99. The summed E-state index contributed by atoms with van der Waals surface area (Å²) in [7, 11) is -3.01. The maximum absolute atomic E-state index is 12.8. The molecule has 5 nitrogen and oxygen atoms in total. The van der Waals surface area contributed by atoms with Gasteiger partial charge in [0.2, 0.25) is 0 Å². The normalized spacial score (nSPS) is 25.1. The largest absolute Gasteiger partial charge is 0.366 e. The highest BCUT2D eigenvalue weighted by Gasteiger charge is 2.30. The summed E-state index contributed by atoms with van der Waals surface area (Å²) in [6, 6.07) is 0.953. The summed E-state index contributed by atoms with van der Waals surface area (Å²) < 4.78 is 48.5. The predicted octanol–water partition coefficient (Wildman–Crippen LogP) is 1.89. The van der Waals surface area contributed by atoms with Gasteiger partial charge in [0.15, 0.2) is 9.84 Å². The van der Waals surface area contributed by atoms with Crippen molar-refractivity contribution >= 4 is 15.7 Å². The molecule has 1 saturated carbocycles. The van der Waals surface area contributed by atoms with E-state index in [1.807, 2.05) is 0 Å². The Balaban J connectivity index is 1.81. The third kappa shape index (κ3) is 3.05. The van der Waals surface area contributed by atoms with E-state index in [2.05, 4.69) is 15.3 Å². The van der Waals surface area contributed by atoms with Crippen molar-refractivity contribution in [3.8, 4) is 0 Å². The molecule has 1 saturated heterocycles. The first-order chi connectivity index (χ1) is 9.43. The summed E-state index contributed by atoms with van der Waals surface area (Å²) in [4.78, 5) is 8.12. The van der Waals surface area contributed by atoms with Crippen LogP contribution in [0.5, 0.6) is 0 Å². The zero-order valence-corrected chi connectivity index (χ0v) is 11.5. The van der Waals surface area contributed by atoms with Crippen LogP contribution in [0.15, 0.2) is 6.07 Å². The zero-order chi connectivity index (χ0) is 14.3. The van der Waals surface area contributed by atoms with Crippen molar-refractivity contribution in [2.24, 2.45) is 0 Å². The molecule has 20 heavy (non-hydrogen) atoms. The lowest BCUT2D eigenvalue weighted by atomic mass is 10.2. The number of anilines is 1. The van der Waals surface area contributed by atoms with Crippen LogP contribution in [0.1, 0.15) is 43.1 Å². The fourth-order valence-electron chi connectivity index (χ4n) is 2.31. The second-order valence-corrected chi connectivity index (χ2v) is 7.58. The average molecular weight is 303 g/mol. The maximum atomic E-state index is 12.8. The minimum absolute atomic E-state index is 0.0276. The van der Waals surface area contributed by atoms with Crippen molar-refractivity contribution in [2.45, 2.75) is 37.6 Å². The Morgan fingerprint density at radius 2 is 2.00 bits per heavy atom. The summed E-state index contributed by atoms with van der Waals surface area (Å²) in [6.07, 6.45) is -0.327. The average Bonchev–Trinajstić information content (AvgIpc) is 3.15. The predicted molar refractivity (Wildman–Crippen MR) is 69.6 cm³/mol. The Kier molecular flexibility index (Phi) is 3.35. The molecule has 0 amide bonds. The van der Waals surface area contributed by atoms with Gasteiger partial charge in [0.1, 0.15) is 17.3 Å².